The molecule has 0 aromatic heterocycles. The first-order chi connectivity index (χ1) is 7.91. The molecule has 94 valence electrons. The molecule has 0 fully saturated rings. The second-order valence-electron chi connectivity index (χ2n) is 3.26. The number of hydrogen-bond acceptors (Lipinski definition) is 3. The molecule has 0 bridgehead atoms. The summed E-state index contributed by atoms with van der Waals surface area (Å²) in [7, 11) is 0. The molecule has 0 radical (unpaired) electrons. The second-order valence-corrected chi connectivity index (χ2v) is 3.26. The summed E-state index contributed by atoms with van der Waals surface area (Å²) in [6, 6.07) is 5.16. The van der Waals surface area contributed by atoms with Crippen LogP contribution >= 0.6 is 0 Å². The van der Waals surface area contributed by atoms with Gasteiger partial charge < -0.3 is 5.73 Å². The number of carbonyl (C=O) groups is 1. The highest BCUT2D eigenvalue weighted by Crippen LogP contribution is 2.32. The molecule has 17 heavy (non-hydrogen) atoms. The predicted molar refractivity (Wildman–Crippen MR) is 53.5 cm³/mol. The van der Waals surface area contributed by atoms with Crippen LogP contribution in [-0.2, 0) is 9.63 Å². The number of benzene rings is 1. The zero-order valence-corrected chi connectivity index (χ0v) is 8.70. The van der Waals surface area contributed by atoms with Gasteiger partial charge in [-0.05, 0) is 5.56 Å². The normalized spacial score (nSPS) is 13.4. The minimum Gasteiger partial charge on any atom is -0.368 e. The van der Waals surface area contributed by atoms with Crippen LogP contribution in [0.5, 0.6) is 0 Å². The monoisotopic (exact) mass is 248 g/mol. The molecule has 1 atom stereocenters. The quantitative estimate of drug-likeness (QED) is 0.772. The van der Waals surface area contributed by atoms with Gasteiger partial charge in [0.1, 0.15) is 6.61 Å². The van der Waals surface area contributed by atoms with Gasteiger partial charge in [0.25, 0.3) is 0 Å². The molecule has 1 aromatic rings. The lowest BCUT2D eigenvalue weighted by molar-refractivity contribution is -0.188. The summed E-state index contributed by atoms with van der Waals surface area (Å²) >= 11 is 0. The van der Waals surface area contributed by atoms with E-state index in [1.807, 2.05) is 0 Å². The largest absolute Gasteiger partial charge is 0.410 e. The number of rotatable bonds is 5. The van der Waals surface area contributed by atoms with Crippen molar-refractivity contribution in [3.8, 4) is 0 Å². The van der Waals surface area contributed by atoms with Gasteiger partial charge in [0.2, 0.25) is 5.91 Å². The zero-order chi connectivity index (χ0) is 12.9. The number of alkyl halides is 3. The highest BCUT2D eigenvalue weighted by atomic mass is 19.4. The summed E-state index contributed by atoms with van der Waals surface area (Å²) < 4.78 is 38.0. The average Bonchev–Trinajstić information content (AvgIpc) is 2.23. The molecule has 0 aliphatic rings. The highest BCUT2D eigenvalue weighted by molar-refractivity contribution is 5.74. The lowest BCUT2D eigenvalue weighted by Crippen LogP contribution is -2.36. The zero-order valence-electron chi connectivity index (χ0n) is 8.70. The molecule has 1 aromatic carbocycles. The number of carbonyl (C=O) groups excluding carboxylic acids is 1. The molecule has 0 saturated carbocycles. The van der Waals surface area contributed by atoms with Crippen LogP contribution in [0.25, 0.3) is 0 Å². The summed E-state index contributed by atoms with van der Waals surface area (Å²) in [5, 5.41) is 0. The predicted octanol–water partition coefficient (Wildman–Crippen LogP) is 1.30. The fourth-order valence-electron chi connectivity index (χ4n) is 1.17. The standard InChI is InChI=1S/C10H11F3N2O2/c11-10(12,13)9(15-17-6-8(14)16)7-4-2-1-3-5-7/h1-5,9,15H,6H2,(H2,14,16). The van der Waals surface area contributed by atoms with Crippen molar-refractivity contribution in [1.29, 1.82) is 0 Å². The molecule has 4 nitrogen and oxygen atoms in total. The number of nitrogens with one attached hydrogen (secondary N) is 1. The van der Waals surface area contributed by atoms with E-state index in [0.29, 0.717) is 0 Å². The third-order valence-electron chi connectivity index (χ3n) is 1.88. The van der Waals surface area contributed by atoms with Crippen LogP contribution in [0.4, 0.5) is 13.2 Å². The number of hydrogen-bond donors (Lipinski definition) is 2. The fraction of sp³-hybridized carbons (Fsp3) is 0.300. The van der Waals surface area contributed by atoms with Gasteiger partial charge in [-0.2, -0.15) is 18.7 Å². The summed E-state index contributed by atoms with van der Waals surface area (Å²) in [6.45, 7) is -0.626. The summed E-state index contributed by atoms with van der Waals surface area (Å²) in [5.41, 5.74) is 6.51. The second kappa shape index (κ2) is 5.65. The Morgan fingerprint density at radius 3 is 2.41 bits per heavy atom. The van der Waals surface area contributed by atoms with Crippen LogP contribution in [0.15, 0.2) is 30.3 Å². The van der Waals surface area contributed by atoms with Crippen molar-refractivity contribution < 1.29 is 22.8 Å². The van der Waals surface area contributed by atoms with E-state index in [4.69, 9.17) is 5.73 Å². The number of amides is 1. The van der Waals surface area contributed by atoms with E-state index in [1.165, 1.54) is 24.3 Å². The summed E-state index contributed by atoms with van der Waals surface area (Å²) in [4.78, 5) is 14.7. The van der Waals surface area contributed by atoms with Gasteiger partial charge in [0.15, 0.2) is 6.04 Å². The van der Waals surface area contributed by atoms with Crippen molar-refractivity contribution in [2.45, 2.75) is 12.2 Å². The molecule has 1 amide bonds. The van der Waals surface area contributed by atoms with E-state index in [2.05, 4.69) is 4.84 Å². The number of hydroxylamine groups is 1. The molecule has 0 aliphatic carbocycles. The molecule has 0 heterocycles. The van der Waals surface area contributed by atoms with Crippen molar-refractivity contribution in [2.75, 3.05) is 6.61 Å². The number of halogens is 3. The lowest BCUT2D eigenvalue weighted by atomic mass is 10.1. The van der Waals surface area contributed by atoms with Crippen LogP contribution in [0.2, 0.25) is 0 Å². The van der Waals surface area contributed by atoms with E-state index < -0.39 is 24.7 Å². The van der Waals surface area contributed by atoms with E-state index in [-0.39, 0.29) is 5.56 Å². The Kier molecular flexibility index (Phi) is 4.47. The SMILES string of the molecule is NC(=O)CONC(c1ccccc1)C(F)(F)F. The van der Waals surface area contributed by atoms with Gasteiger partial charge in [-0.15, -0.1) is 0 Å². The van der Waals surface area contributed by atoms with Gasteiger partial charge in [-0.3, -0.25) is 9.63 Å². The first-order valence-corrected chi connectivity index (χ1v) is 4.68. The van der Waals surface area contributed by atoms with E-state index >= 15 is 0 Å². The minimum atomic E-state index is -4.53. The van der Waals surface area contributed by atoms with Crippen LogP contribution < -0.4 is 11.2 Å². The summed E-state index contributed by atoms with van der Waals surface area (Å²) in [5.74, 6) is -0.855. The van der Waals surface area contributed by atoms with Gasteiger partial charge in [-0.25, -0.2) is 0 Å². The maximum Gasteiger partial charge on any atom is 0.410 e. The van der Waals surface area contributed by atoms with Crippen molar-refractivity contribution >= 4 is 5.91 Å². The molecule has 0 aliphatic heterocycles. The number of primary amides is 1. The Morgan fingerprint density at radius 1 is 1.35 bits per heavy atom. The smallest absolute Gasteiger partial charge is 0.368 e. The third-order valence-corrected chi connectivity index (χ3v) is 1.88. The Balaban J connectivity index is 2.72. The van der Waals surface area contributed by atoms with E-state index in [0.717, 1.165) is 0 Å². The van der Waals surface area contributed by atoms with Crippen LogP contribution in [0.1, 0.15) is 11.6 Å². The number of nitrogens with two attached hydrogens (primary N) is 1. The van der Waals surface area contributed by atoms with Gasteiger partial charge in [-0.1, -0.05) is 30.3 Å². The first-order valence-electron chi connectivity index (χ1n) is 4.68. The molecular formula is C10H11F3N2O2. The summed E-state index contributed by atoms with van der Waals surface area (Å²) in [6.07, 6.45) is -4.53. The molecule has 3 N–H and O–H groups in total. The minimum absolute atomic E-state index is 0.00975. The molecule has 0 saturated heterocycles. The Hall–Kier alpha value is -1.60. The molecule has 0 spiro atoms. The first kappa shape index (κ1) is 13.5. The van der Waals surface area contributed by atoms with Crippen molar-refractivity contribution in [2.24, 2.45) is 5.73 Å². The average molecular weight is 248 g/mol. The van der Waals surface area contributed by atoms with Gasteiger partial charge in [0, 0.05) is 0 Å². The van der Waals surface area contributed by atoms with Crippen molar-refractivity contribution in [3.05, 3.63) is 35.9 Å². The highest BCUT2D eigenvalue weighted by Gasteiger charge is 2.41. The maximum absolute atomic E-state index is 12.7. The Labute approximate surface area is 95.5 Å². The van der Waals surface area contributed by atoms with Crippen molar-refractivity contribution in [3.63, 3.8) is 0 Å². The van der Waals surface area contributed by atoms with Crippen LogP contribution in [0, 0.1) is 0 Å². The Morgan fingerprint density at radius 2 is 1.94 bits per heavy atom. The lowest BCUT2D eigenvalue weighted by Gasteiger charge is -2.21. The molecule has 1 unspecified atom stereocenters. The topological polar surface area (TPSA) is 64.4 Å². The third kappa shape index (κ3) is 4.41. The van der Waals surface area contributed by atoms with Gasteiger partial charge >= 0.3 is 6.18 Å². The van der Waals surface area contributed by atoms with Crippen LogP contribution in [0.3, 0.4) is 0 Å². The van der Waals surface area contributed by atoms with Gasteiger partial charge in [0.05, 0.1) is 0 Å². The van der Waals surface area contributed by atoms with E-state index in [9.17, 15) is 18.0 Å². The molecule has 1 rings (SSSR count). The maximum atomic E-state index is 12.7. The molecular weight excluding hydrogens is 237 g/mol. The molecule has 7 heteroatoms. The van der Waals surface area contributed by atoms with Crippen molar-refractivity contribution in [1.82, 2.24) is 5.48 Å². The van der Waals surface area contributed by atoms with E-state index in [1.54, 1.807) is 11.5 Å². The fourth-order valence-corrected chi connectivity index (χ4v) is 1.17. The van der Waals surface area contributed by atoms with Crippen LogP contribution in [-0.4, -0.2) is 18.7 Å². The Bertz CT molecular complexity index is 368.